The van der Waals surface area contributed by atoms with Gasteiger partial charge in [-0.3, -0.25) is 14.9 Å². The maximum Gasteiger partial charge on any atom is 0.249 e. The molecule has 1 atom stereocenters. The van der Waals surface area contributed by atoms with E-state index in [-0.39, 0.29) is 30.4 Å². The van der Waals surface area contributed by atoms with Crippen LogP contribution in [0.2, 0.25) is 10.0 Å². The van der Waals surface area contributed by atoms with Crippen molar-refractivity contribution in [1.29, 1.82) is 0 Å². The molecule has 2 aromatic carbocycles. The molecule has 9 heteroatoms. The Hall–Kier alpha value is -2.77. The number of halogens is 2. The predicted molar refractivity (Wildman–Crippen MR) is 121 cm³/mol. The summed E-state index contributed by atoms with van der Waals surface area (Å²) in [5, 5.41) is 5.87. The van der Waals surface area contributed by atoms with Crippen LogP contribution in [0, 0.1) is 0 Å². The number of anilines is 2. The van der Waals surface area contributed by atoms with E-state index in [1.165, 1.54) is 6.92 Å². The molecule has 0 saturated carbocycles. The van der Waals surface area contributed by atoms with Gasteiger partial charge in [-0.1, -0.05) is 41.4 Å². The number of rotatable bonds is 5. The number of para-hydroxylation sites is 1. The molecule has 1 aliphatic rings. The Morgan fingerprint density at radius 1 is 1.20 bits per heavy atom. The van der Waals surface area contributed by atoms with Crippen LogP contribution in [-0.4, -0.2) is 30.4 Å². The van der Waals surface area contributed by atoms with Crippen LogP contribution in [0.4, 0.5) is 11.4 Å². The largest absolute Gasteiger partial charge is 0.370 e. The van der Waals surface area contributed by atoms with E-state index < -0.39 is 0 Å². The number of nitrogens with two attached hydrogens (primary N) is 1. The van der Waals surface area contributed by atoms with Crippen LogP contribution < -0.4 is 21.3 Å². The Morgan fingerprint density at radius 2 is 1.87 bits per heavy atom. The van der Waals surface area contributed by atoms with E-state index in [1.54, 1.807) is 12.1 Å². The van der Waals surface area contributed by atoms with Gasteiger partial charge in [0.2, 0.25) is 11.8 Å². The van der Waals surface area contributed by atoms with Crippen molar-refractivity contribution in [3.8, 4) is 0 Å². The van der Waals surface area contributed by atoms with Gasteiger partial charge in [0.25, 0.3) is 0 Å². The second-order valence-corrected chi connectivity index (χ2v) is 7.81. The fraction of sp³-hybridized carbons (Fsp3) is 0.286. The summed E-state index contributed by atoms with van der Waals surface area (Å²) in [6.07, 6.45) is 1.69. The molecule has 0 aromatic heterocycles. The Morgan fingerprint density at radius 3 is 2.50 bits per heavy atom. The maximum atomic E-state index is 12.7. The number of hydrogen-bond donors (Lipinski definition) is 3. The molecule has 30 heavy (non-hydrogen) atoms. The summed E-state index contributed by atoms with van der Waals surface area (Å²) in [6.45, 7) is 2.37. The van der Waals surface area contributed by atoms with Crippen LogP contribution in [-0.2, 0) is 16.1 Å². The fourth-order valence-corrected chi connectivity index (χ4v) is 4.03. The highest BCUT2D eigenvalue weighted by molar-refractivity contribution is 6.39. The second-order valence-electron chi connectivity index (χ2n) is 6.99. The number of hydrogen-bond acceptors (Lipinski definition) is 4. The molecule has 1 heterocycles. The Bertz CT molecular complexity index is 942. The van der Waals surface area contributed by atoms with Crippen molar-refractivity contribution < 1.29 is 9.59 Å². The third-order valence-electron chi connectivity index (χ3n) is 4.73. The zero-order valence-corrected chi connectivity index (χ0v) is 18.0. The first-order chi connectivity index (χ1) is 14.3. The quantitative estimate of drug-likeness (QED) is 0.481. The first kappa shape index (κ1) is 21.9. The molecule has 158 valence electrons. The Balaban J connectivity index is 1.64. The number of amides is 2. The highest BCUT2D eigenvalue weighted by Crippen LogP contribution is 2.32. The van der Waals surface area contributed by atoms with E-state index in [4.69, 9.17) is 28.9 Å². The molecule has 0 radical (unpaired) electrons. The Kier molecular flexibility index (Phi) is 7.18. The standard InChI is InChI=1S/C21H23Cl2N5O2/c1-13(29)26-19-16(22)10-14(11-17(19)23)12-25-21(24)27-20(30)18-8-5-9-28(18)15-6-3-2-4-7-15/h2-4,6-7,10-11,18H,5,8-9,12H2,1H3,(H,26,29)(H3,24,25,27,30)/t18-/m0/s1. The lowest BCUT2D eigenvalue weighted by atomic mass is 10.2. The predicted octanol–water partition coefficient (Wildman–Crippen LogP) is 3.55. The number of aliphatic imine (C=N–C) groups is 1. The topological polar surface area (TPSA) is 99.8 Å². The minimum absolute atomic E-state index is 0.0260. The van der Waals surface area contributed by atoms with Crippen molar-refractivity contribution in [3.63, 3.8) is 0 Å². The van der Waals surface area contributed by atoms with Crippen molar-refractivity contribution in [3.05, 3.63) is 58.1 Å². The number of guanidine groups is 1. The van der Waals surface area contributed by atoms with Crippen LogP contribution in [0.1, 0.15) is 25.3 Å². The minimum atomic E-state index is -0.290. The van der Waals surface area contributed by atoms with Crippen LogP contribution in [0.3, 0.4) is 0 Å². The van der Waals surface area contributed by atoms with Crippen LogP contribution >= 0.6 is 23.2 Å². The molecule has 1 aliphatic heterocycles. The van der Waals surface area contributed by atoms with Gasteiger partial charge >= 0.3 is 0 Å². The summed E-state index contributed by atoms with van der Waals surface area (Å²) in [4.78, 5) is 30.2. The second kappa shape index (κ2) is 9.82. The van der Waals surface area contributed by atoms with Crippen LogP contribution in [0.5, 0.6) is 0 Å². The molecule has 0 unspecified atom stereocenters. The summed E-state index contributed by atoms with van der Waals surface area (Å²) >= 11 is 12.4. The molecule has 7 nitrogen and oxygen atoms in total. The molecule has 2 aromatic rings. The van der Waals surface area contributed by atoms with E-state index in [1.807, 2.05) is 30.3 Å². The van der Waals surface area contributed by atoms with Gasteiger partial charge in [-0.15, -0.1) is 0 Å². The minimum Gasteiger partial charge on any atom is -0.370 e. The Labute approximate surface area is 185 Å². The van der Waals surface area contributed by atoms with Gasteiger partial charge in [-0.25, -0.2) is 4.99 Å². The average Bonchev–Trinajstić information content (AvgIpc) is 3.20. The van der Waals surface area contributed by atoms with E-state index in [9.17, 15) is 9.59 Å². The van der Waals surface area contributed by atoms with Crippen molar-refractivity contribution >= 4 is 52.4 Å². The SMILES string of the molecule is CC(=O)Nc1c(Cl)cc(CN=C(N)NC(=O)[C@@H]2CCCN2c2ccccc2)cc1Cl. The number of nitrogens with one attached hydrogen (secondary N) is 2. The highest BCUT2D eigenvalue weighted by atomic mass is 35.5. The van der Waals surface area contributed by atoms with Gasteiger partial charge in [-0.2, -0.15) is 0 Å². The summed E-state index contributed by atoms with van der Waals surface area (Å²) < 4.78 is 0. The molecule has 0 spiro atoms. The highest BCUT2D eigenvalue weighted by Gasteiger charge is 2.31. The lowest BCUT2D eigenvalue weighted by Crippen LogP contribution is -2.48. The molecule has 0 bridgehead atoms. The van der Waals surface area contributed by atoms with Crippen LogP contribution in [0.15, 0.2) is 47.5 Å². The molecule has 0 aliphatic carbocycles. The van der Waals surface area contributed by atoms with Crippen molar-refractivity contribution in [2.75, 3.05) is 16.8 Å². The molecular formula is C21H23Cl2N5O2. The number of carbonyl (C=O) groups excluding carboxylic acids is 2. The third kappa shape index (κ3) is 5.43. The molecule has 3 rings (SSSR count). The number of carbonyl (C=O) groups is 2. The maximum absolute atomic E-state index is 12.7. The first-order valence-corrected chi connectivity index (χ1v) is 10.3. The van der Waals surface area contributed by atoms with Gasteiger partial charge in [0.05, 0.1) is 22.3 Å². The van der Waals surface area contributed by atoms with Crippen molar-refractivity contribution in [2.45, 2.75) is 32.4 Å². The molecule has 2 amide bonds. The van der Waals surface area contributed by atoms with Gasteiger partial charge in [0.1, 0.15) is 6.04 Å². The molecule has 1 saturated heterocycles. The normalized spacial score (nSPS) is 16.4. The number of nitrogens with zero attached hydrogens (tertiary/aromatic N) is 2. The van der Waals surface area contributed by atoms with Gasteiger partial charge in [0, 0.05) is 19.2 Å². The van der Waals surface area contributed by atoms with Crippen LogP contribution in [0.25, 0.3) is 0 Å². The van der Waals surface area contributed by atoms with E-state index in [0.717, 1.165) is 25.1 Å². The van der Waals surface area contributed by atoms with Gasteiger partial charge < -0.3 is 16.0 Å². The van der Waals surface area contributed by atoms with Crippen molar-refractivity contribution in [2.24, 2.45) is 10.7 Å². The third-order valence-corrected chi connectivity index (χ3v) is 5.33. The fourth-order valence-electron chi connectivity index (χ4n) is 3.41. The van der Waals surface area contributed by atoms with Gasteiger partial charge in [-0.05, 0) is 42.7 Å². The smallest absolute Gasteiger partial charge is 0.249 e. The van der Waals surface area contributed by atoms with E-state index in [2.05, 4.69) is 20.5 Å². The molecular weight excluding hydrogens is 425 g/mol. The zero-order valence-electron chi connectivity index (χ0n) is 16.5. The molecule has 1 fully saturated rings. The summed E-state index contributed by atoms with van der Waals surface area (Å²) in [5.41, 5.74) is 7.98. The lowest BCUT2D eigenvalue weighted by molar-refractivity contribution is -0.120. The summed E-state index contributed by atoms with van der Waals surface area (Å²) in [5.74, 6) is -0.430. The van der Waals surface area contributed by atoms with E-state index >= 15 is 0 Å². The summed E-state index contributed by atoms with van der Waals surface area (Å²) in [6, 6.07) is 12.8. The summed E-state index contributed by atoms with van der Waals surface area (Å²) in [7, 11) is 0. The first-order valence-electron chi connectivity index (χ1n) is 9.53. The molecule has 4 N–H and O–H groups in total. The average molecular weight is 448 g/mol. The monoisotopic (exact) mass is 447 g/mol. The van der Waals surface area contributed by atoms with E-state index in [0.29, 0.717) is 21.3 Å². The van der Waals surface area contributed by atoms with Crippen molar-refractivity contribution in [1.82, 2.24) is 5.32 Å². The lowest BCUT2D eigenvalue weighted by Gasteiger charge is -2.25. The zero-order chi connectivity index (χ0) is 21.7. The number of benzene rings is 2. The van der Waals surface area contributed by atoms with Gasteiger partial charge in [0.15, 0.2) is 5.96 Å².